The summed E-state index contributed by atoms with van der Waals surface area (Å²) in [5, 5.41) is 0. The maximum atomic E-state index is 5.63. The van der Waals surface area contributed by atoms with E-state index in [1.807, 2.05) is 0 Å². The first kappa shape index (κ1) is 11.0. The first-order chi connectivity index (χ1) is 5.24. The van der Waals surface area contributed by atoms with Crippen LogP contribution < -0.4 is 5.73 Å². The molecule has 0 spiro atoms. The highest BCUT2D eigenvalue weighted by molar-refractivity contribution is 4.62. The van der Waals surface area contributed by atoms with E-state index in [1.54, 1.807) is 0 Å². The van der Waals surface area contributed by atoms with Crippen molar-refractivity contribution in [2.45, 2.75) is 46.5 Å². The lowest BCUT2D eigenvalue weighted by Crippen LogP contribution is -2.16. The van der Waals surface area contributed by atoms with Gasteiger partial charge in [-0.3, -0.25) is 0 Å². The summed E-state index contributed by atoms with van der Waals surface area (Å²) in [6.45, 7) is 7.68. The van der Waals surface area contributed by atoms with Crippen LogP contribution in [0.1, 0.15) is 46.5 Å². The second kappa shape index (κ2) is 6.66. The molecule has 1 nitrogen and oxygen atoms in total. The molecule has 0 aliphatic rings. The van der Waals surface area contributed by atoms with Crippen LogP contribution in [0.5, 0.6) is 0 Å². The first-order valence-corrected chi connectivity index (χ1v) is 4.94. The van der Waals surface area contributed by atoms with Gasteiger partial charge in [-0.05, 0) is 24.8 Å². The molecule has 2 atom stereocenters. The van der Waals surface area contributed by atoms with Crippen molar-refractivity contribution in [3.8, 4) is 0 Å². The molecule has 0 rings (SSSR count). The van der Waals surface area contributed by atoms with Crippen LogP contribution in [-0.4, -0.2) is 6.54 Å². The topological polar surface area (TPSA) is 26.0 Å². The average molecular weight is 157 g/mol. The molecule has 0 saturated heterocycles. The fraction of sp³-hybridized carbons (Fsp3) is 1.00. The zero-order chi connectivity index (χ0) is 8.69. The molecule has 0 fully saturated rings. The normalized spacial score (nSPS) is 16.4. The van der Waals surface area contributed by atoms with Gasteiger partial charge in [0.1, 0.15) is 0 Å². The molecule has 0 aromatic heterocycles. The summed E-state index contributed by atoms with van der Waals surface area (Å²) in [6, 6.07) is 0. The van der Waals surface area contributed by atoms with Gasteiger partial charge >= 0.3 is 0 Å². The molecule has 11 heavy (non-hydrogen) atoms. The van der Waals surface area contributed by atoms with Crippen LogP contribution in [0.15, 0.2) is 0 Å². The molecule has 68 valence electrons. The fourth-order valence-electron chi connectivity index (χ4n) is 1.61. The van der Waals surface area contributed by atoms with Gasteiger partial charge in [0.25, 0.3) is 0 Å². The maximum absolute atomic E-state index is 5.63. The van der Waals surface area contributed by atoms with Crippen molar-refractivity contribution in [1.29, 1.82) is 0 Å². The Morgan fingerprint density at radius 3 is 2.27 bits per heavy atom. The zero-order valence-electron chi connectivity index (χ0n) is 8.27. The standard InChI is InChI=1S/C10H23N/c1-4-6-9(3)7-10(5-2)8-11/h9-10H,4-8,11H2,1-3H3/t9-,10+/m1/s1. The van der Waals surface area contributed by atoms with Gasteiger partial charge < -0.3 is 5.73 Å². The maximum Gasteiger partial charge on any atom is -0.00489 e. The largest absolute Gasteiger partial charge is 0.330 e. The third-order valence-corrected chi connectivity index (χ3v) is 2.43. The van der Waals surface area contributed by atoms with Crippen molar-refractivity contribution in [2.75, 3.05) is 6.54 Å². The Bertz CT molecular complexity index is 76.9. The van der Waals surface area contributed by atoms with E-state index in [4.69, 9.17) is 5.73 Å². The third-order valence-electron chi connectivity index (χ3n) is 2.43. The third kappa shape index (κ3) is 5.25. The molecule has 0 radical (unpaired) electrons. The highest BCUT2D eigenvalue weighted by atomic mass is 14.5. The van der Waals surface area contributed by atoms with Crippen LogP contribution in [0, 0.1) is 11.8 Å². The van der Waals surface area contributed by atoms with E-state index < -0.39 is 0 Å². The van der Waals surface area contributed by atoms with Gasteiger partial charge in [0, 0.05) is 0 Å². The van der Waals surface area contributed by atoms with Crippen LogP contribution in [0.3, 0.4) is 0 Å². The van der Waals surface area contributed by atoms with Gasteiger partial charge in [-0.2, -0.15) is 0 Å². The van der Waals surface area contributed by atoms with E-state index in [9.17, 15) is 0 Å². The number of rotatable bonds is 6. The minimum Gasteiger partial charge on any atom is -0.330 e. The summed E-state index contributed by atoms with van der Waals surface area (Å²) in [6.07, 6.45) is 5.23. The molecule has 1 heteroatoms. The Labute approximate surface area is 71.4 Å². The molecule has 0 amide bonds. The van der Waals surface area contributed by atoms with Crippen LogP contribution in [-0.2, 0) is 0 Å². The zero-order valence-corrected chi connectivity index (χ0v) is 8.27. The SMILES string of the molecule is CCC[C@@H](C)C[C@H](CC)CN. The molecule has 2 N–H and O–H groups in total. The minimum atomic E-state index is 0.761. The van der Waals surface area contributed by atoms with E-state index in [1.165, 1.54) is 25.7 Å². The molecule has 0 aliphatic carbocycles. The van der Waals surface area contributed by atoms with Gasteiger partial charge in [0.2, 0.25) is 0 Å². The smallest absolute Gasteiger partial charge is 0.00489 e. The van der Waals surface area contributed by atoms with Crippen LogP contribution >= 0.6 is 0 Å². The van der Waals surface area contributed by atoms with E-state index in [0.717, 1.165) is 18.4 Å². The van der Waals surface area contributed by atoms with Gasteiger partial charge in [-0.15, -0.1) is 0 Å². The van der Waals surface area contributed by atoms with Gasteiger partial charge in [0.05, 0.1) is 0 Å². The van der Waals surface area contributed by atoms with Gasteiger partial charge in [0.15, 0.2) is 0 Å². The summed E-state index contributed by atoms with van der Waals surface area (Å²) in [4.78, 5) is 0. The van der Waals surface area contributed by atoms with Crippen molar-refractivity contribution in [1.82, 2.24) is 0 Å². The summed E-state index contributed by atoms with van der Waals surface area (Å²) in [5.41, 5.74) is 5.63. The van der Waals surface area contributed by atoms with Crippen molar-refractivity contribution < 1.29 is 0 Å². The molecule has 0 bridgehead atoms. The number of hydrogen-bond acceptors (Lipinski definition) is 1. The Balaban J connectivity index is 3.44. The second-order valence-corrected chi connectivity index (χ2v) is 3.64. The molecular weight excluding hydrogens is 134 g/mol. The average Bonchev–Trinajstić information content (AvgIpc) is 2.01. The summed E-state index contributed by atoms with van der Waals surface area (Å²) >= 11 is 0. The number of nitrogens with two attached hydrogens (primary N) is 1. The predicted molar refractivity (Wildman–Crippen MR) is 51.5 cm³/mol. The highest BCUT2D eigenvalue weighted by Gasteiger charge is 2.08. The molecule has 0 aliphatic heterocycles. The lowest BCUT2D eigenvalue weighted by atomic mass is 9.91. The Morgan fingerprint density at radius 2 is 1.91 bits per heavy atom. The van der Waals surface area contributed by atoms with Crippen LogP contribution in [0.25, 0.3) is 0 Å². The lowest BCUT2D eigenvalue weighted by Gasteiger charge is -2.17. The molecule has 0 aromatic carbocycles. The van der Waals surface area contributed by atoms with E-state index in [0.29, 0.717) is 0 Å². The quantitative estimate of drug-likeness (QED) is 0.630. The molecule has 0 heterocycles. The summed E-state index contributed by atoms with van der Waals surface area (Å²) < 4.78 is 0. The van der Waals surface area contributed by atoms with Crippen molar-refractivity contribution in [3.05, 3.63) is 0 Å². The highest BCUT2D eigenvalue weighted by Crippen LogP contribution is 2.18. The molecule has 0 aromatic rings. The lowest BCUT2D eigenvalue weighted by molar-refractivity contribution is 0.369. The predicted octanol–water partition coefficient (Wildman–Crippen LogP) is 2.80. The van der Waals surface area contributed by atoms with E-state index in [2.05, 4.69) is 20.8 Å². The van der Waals surface area contributed by atoms with Gasteiger partial charge in [-0.1, -0.05) is 40.0 Å². The van der Waals surface area contributed by atoms with E-state index in [-0.39, 0.29) is 0 Å². The molecule has 0 saturated carbocycles. The Kier molecular flexibility index (Phi) is 6.63. The van der Waals surface area contributed by atoms with Crippen molar-refractivity contribution in [3.63, 3.8) is 0 Å². The van der Waals surface area contributed by atoms with Crippen molar-refractivity contribution >= 4 is 0 Å². The molecule has 0 unspecified atom stereocenters. The summed E-state index contributed by atoms with van der Waals surface area (Å²) in [7, 11) is 0. The van der Waals surface area contributed by atoms with Crippen LogP contribution in [0.4, 0.5) is 0 Å². The Morgan fingerprint density at radius 1 is 1.27 bits per heavy atom. The Hall–Kier alpha value is -0.0400. The number of hydrogen-bond donors (Lipinski definition) is 1. The van der Waals surface area contributed by atoms with Gasteiger partial charge in [-0.25, -0.2) is 0 Å². The fourth-order valence-corrected chi connectivity index (χ4v) is 1.61. The second-order valence-electron chi connectivity index (χ2n) is 3.64. The molecular formula is C10H23N. The minimum absolute atomic E-state index is 0.761. The summed E-state index contributed by atoms with van der Waals surface area (Å²) in [5.74, 6) is 1.63. The van der Waals surface area contributed by atoms with E-state index >= 15 is 0 Å². The monoisotopic (exact) mass is 157 g/mol. The van der Waals surface area contributed by atoms with Crippen molar-refractivity contribution in [2.24, 2.45) is 17.6 Å². The van der Waals surface area contributed by atoms with Crippen LogP contribution in [0.2, 0.25) is 0 Å². The first-order valence-electron chi connectivity index (χ1n) is 4.94.